The second kappa shape index (κ2) is 5.42. The van der Waals surface area contributed by atoms with E-state index >= 15 is 0 Å². The molecule has 0 unspecified atom stereocenters. The van der Waals surface area contributed by atoms with Crippen molar-refractivity contribution in [3.8, 4) is 0 Å². The van der Waals surface area contributed by atoms with Crippen molar-refractivity contribution < 1.29 is 8.42 Å². The number of sulfonamides is 1. The van der Waals surface area contributed by atoms with Gasteiger partial charge < -0.3 is 5.32 Å². The minimum absolute atomic E-state index is 0.235. The summed E-state index contributed by atoms with van der Waals surface area (Å²) in [5.41, 5.74) is 1.87. The van der Waals surface area contributed by atoms with Crippen LogP contribution in [0.5, 0.6) is 0 Å². The average molecular weight is 284 g/mol. The number of rotatable bonds is 3. The van der Waals surface area contributed by atoms with E-state index in [9.17, 15) is 8.42 Å². The number of nitrogens with zero attached hydrogens (tertiary/aromatic N) is 3. The lowest BCUT2D eigenvalue weighted by molar-refractivity contribution is 0.331. The molecule has 106 valence electrons. The summed E-state index contributed by atoms with van der Waals surface area (Å²) >= 11 is 0. The molecule has 0 bridgehead atoms. The van der Waals surface area contributed by atoms with Gasteiger partial charge in [0, 0.05) is 30.5 Å². The highest BCUT2D eigenvalue weighted by atomic mass is 32.2. The molecule has 1 aromatic heterocycles. The maximum atomic E-state index is 11.4. The molecule has 2 rings (SSSR count). The Balaban J connectivity index is 1.96. The molecule has 2 heterocycles. The first-order valence-corrected chi connectivity index (χ1v) is 8.23. The molecule has 19 heavy (non-hydrogen) atoms. The predicted octanol–water partition coefficient (Wildman–Crippen LogP) is 0.929. The van der Waals surface area contributed by atoms with E-state index in [1.807, 2.05) is 19.9 Å². The normalized spacial score (nSPS) is 18.5. The van der Waals surface area contributed by atoms with Gasteiger partial charge in [0.2, 0.25) is 16.0 Å². The number of aryl methyl sites for hydroxylation is 2. The predicted molar refractivity (Wildman–Crippen MR) is 74.6 cm³/mol. The third kappa shape index (κ3) is 3.87. The highest BCUT2D eigenvalue weighted by Gasteiger charge is 2.25. The van der Waals surface area contributed by atoms with Crippen LogP contribution in [-0.4, -0.2) is 48.1 Å². The molecule has 0 atom stereocenters. The summed E-state index contributed by atoms with van der Waals surface area (Å²) in [6, 6.07) is 2.16. The molecule has 1 aromatic rings. The molecule has 0 spiro atoms. The fourth-order valence-electron chi connectivity index (χ4n) is 2.30. The molecule has 1 fully saturated rings. The summed E-state index contributed by atoms with van der Waals surface area (Å²) in [5, 5.41) is 3.29. The van der Waals surface area contributed by atoms with Gasteiger partial charge in [-0.2, -0.15) is 0 Å². The van der Waals surface area contributed by atoms with Gasteiger partial charge in [-0.15, -0.1) is 0 Å². The van der Waals surface area contributed by atoms with E-state index in [0.717, 1.165) is 24.2 Å². The van der Waals surface area contributed by atoms with E-state index in [2.05, 4.69) is 15.3 Å². The maximum absolute atomic E-state index is 11.4. The smallest absolute Gasteiger partial charge is 0.223 e. The summed E-state index contributed by atoms with van der Waals surface area (Å²) in [6.45, 7) is 4.99. The minimum atomic E-state index is -3.06. The van der Waals surface area contributed by atoms with Crippen molar-refractivity contribution in [1.29, 1.82) is 0 Å². The van der Waals surface area contributed by atoms with Gasteiger partial charge in [0.05, 0.1) is 6.26 Å². The van der Waals surface area contributed by atoms with E-state index in [4.69, 9.17) is 0 Å². The SMILES string of the molecule is Cc1cc(C)nc(NC2CCN(S(C)(=O)=O)CC2)n1. The molecular formula is C12H20N4O2S. The van der Waals surface area contributed by atoms with Crippen LogP contribution in [0.25, 0.3) is 0 Å². The van der Waals surface area contributed by atoms with Crippen molar-refractivity contribution in [2.45, 2.75) is 32.7 Å². The first-order chi connectivity index (χ1) is 8.84. The van der Waals surface area contributed by atoms with Crippen LogP contribution in [0.1, 0.15) is 24.2 Å². The topological polar surface area (TPSA) is 75.2 Å². The molecule has 0 aliphatic carbocycles. The minimum Gasteiger partial charge on any atom is -0.351 e. The molecule has 0 aromatic carbocycles. The highest BCUT2D eigenvalue weighted by molar-refractivity contribution is 7.88. The van der Waals surface area contributed by atoms with Crippen LogP contribution in [-0.2, 0) is 10.0 Å². The average Bonchev–Trinajstić information content (AvgIpc) is 2.26. The zero-order chi connectivity index (χ0) is 14.0. The largest absolute Gasteiger partial charge is 0.351 e. The molecular weight excluding hydrogens is 264 g/mol. The van der Waals surface area contributed by atoms with Gasteiger partial charge in [0.25, 0.3) is 0 Å². The van der Waals surface area contributed by atoms with Crippen molar-refractivity contribution in [3.05, 3.63) is 17.5 Å². The van der Waals surface area contributed by atoms with Crippen LogP contribution < -0.4 is 5.32 Å². The van der Waals surface area contributed by atoms with Crippen LogP contribution in [0.3, 0.4) is 0 Å². The molecule has 0 saturated carbocycles. The number of anilines is 1. The van der Waals surface area contributed by atoms with E-state index < -0.39 is 10.0 Å². The Morgan fingerprint density at radius 3 is 2.21 bits per heavy atom. The molecule has 1 N–H and O–H groups in total. The molecule has 1 saturated heterocycles. The molecule has 1 aliphatic heterocycles. The van der Waals surface area contributed by atoms with E-state index in [1.54, 1.807) is 0 Å². The van der Waals surface area contributed by atoms with Gasteiger partial charge in [-0.3, -0.25) is 0 Å². The Kier molecular flexibility index (Phi) is 4.05. The van der Waals surface area contributed by atoms with Crippen LogP contribution in [0.15, 0.2) is 6.07 Å². The van der Waals surface area contributed by atoms with Crippen LogP contribution in [0.4, 0.5) is 5.95 Å². The van der Waals surface area contributed by atoms with Gasteiger partial charge in [0.1, 0.15) is 0 Å². The second-order valence-electron chi connectivity index (χ2n) is 5.05. The summed E-state index contributed by atoms with van der Waals surface area (Å²) in [6.07, 6.45) is 2.82. The summed E-state index contributed by atoms with van der Waals surface area (Å²) in [7, 11) is -3.06. The van der Waals surface area contributed by atoms with Gasteiger partial charge in [-0.1, -0.05) is 0 Å². The Hall–Kier alpha value is -1.21. The maximum Gasteiger partial charge on any atom is 0.223 e. The Bertz CT molecular complexity index is 531. The first kappa shape index (κ1) is 14.2. The van der Waals surface area contributed by atoms with Crippen LogP contribution >= 0.6 is 0 Å². The van der Waals surface area contributed by atoms with Gasteiger partial charge >= 0.3 is 0 Å². The van der Waals surface area contributed by atoms with E-state index in [0.29, 0.717) is 19.0 Å². The molecule has 0 radical (unpaired) electrons. The third-order valence-electron chi connectivity index (χ3n) is 3.24. The molecule has 1 aliphatic rings. The van der Waals surface area contributed by atoms with Crippen molar-refractivity contribution in [2.75, 3.05) is 24.7 Å². The van der Waals surface area contributed by atoms with E-state index in [-0.39, 0.29) is 6.04 Å². The molecule has 0 amide bonds. The number of hydrogen-bond acceptors (Lipinski definition) is 5. The second-order valence-corrected chi connectivity index (χ2v) is 7.04. The Morgan fingerprint density at radius 1 is 1.21 bits per heavy atom. The number of nitrogens with one attached hydrogen (secondary N) is 1. The lowest BCUT2D eigenvalue weighted by atomic mass is 10.1. The fourth-order valence-corrected chi connectivity index (χ4v) is 3.18. The van der Waals surface area contributed by atoms with Crippen molar-refractivity contribution in [1.82, 2.24) is 14.3 Å². The third-order valence-corrected chi connectivity index (χ3v) is 4.54. The van der Waals surface area contributed by atoms with Gasteiger partial charge in [-0.05, 0) is 32.8 Å². The van der Waals surface area contributed by atoms with Crippen LogP contribution in [0.2, 0.25) is 0 Å². The lowest BCUT2D eigenvalue weighted by Gasteiger charge is -2.30. The van der Waals surface area contributed by atoms with Crippen molar-refractivity contribution >= 4 is 16.0 Å². The van der Waals surface area contributed by atoms with Crippen molar-refractivity contribution in [2.24, 2.45) is 0 Å². The zero-order valence-electron chi connectivity index (χ0n) is 11.5. The number of aromatic nitrogens is 2. The van der Waals surface area contributed by atoms with Gasteiger partial charge in [0.15, 0.2) is 0 Å². The van der Waals surface area contributed by atoms with Crippen LogP contribution in [0, 0.1) is 13.8 Å². The fraction of sp³-hybridized carbons (Fsp3) is 0.667. The summed E-state index contributed by atoms with van der Waals surface area (Å²) < 4.78 is 24.4. The quantitative estimate of drug-likeness (QED) is 0.893. The van der Waals surface area contributed by atoms with Gasteiger partial charge in [-0.25, -0.2) is 22.7 Å². The highest BCUT2D eigenvalue weighted by Crippen LogP contribution is 2.16. The standard InChI is InChI=1S/C12H20N4O2S/c1-9-8-10(2)14-12(13-9)15-11-4-6-16(7-5-11)19(3,17)18/h8,11H,4-7H2,1-3H3,(H,13,14,15). The monoisotopic (exact) mass is 284 g/mol. The Labute approximate surface area is 114 Å². The lowest BCUT2D eigenvalue weighted by Crippen LogP contribution is -2.42. The Morgan fingerprint density at radius 2 is 1.74 bits per heavy atom. The van der Waals surface area contributed by atoms with E-state index in [1.165, 1.54) is 10.6 Å². The summed E-state index contributed by atoms with van der Waals surface area (Å²) in [5.74, 6) is 0.635. The van der Waals surface area contributed by atoms with Crippen molar-refractivity contribution in [3.63, 3.8) is 0 Å². The first-order valence-electron chi connectivity index (χ1n) is 6.38. The molecule has 7 heteroatoms. The number of piperidine rings is 1. The zero-order valence-corrected chi connectivity index (χ0v) is 12.4. The summed E-state index contributed by atoms with van der Waals surface area (Å²) in [4.78, 5) is 8.68. The number of hydrogen-bond donors (Lipinski definition) is 1. The molecule has 6 nitrogen and oxygen atoms in total.